The lowest BCUT2D eigenvalue weighted by atomic mass is 9.95. The third-order valence-corrected chi connectivity index (χ3v) is 8.17. The monoisotopic (exact) mass is 518 g/mol. The number of nitrogens with one attached hydrogen (secondary N) is 3. The van der Waals surface area contributed by atoms with Crippen LogP contribution in [-0.2, 0) is 19.4 Å². The van der Waals surface area contributed by atoms with Crippen LogP contribution in [0, 0.1) is 12.3 Å². The number of thiophene rings is 1. The number of anilines is 1. The zero-order valence-electron chi connectivity index (χ0n) is 21.2. The molecule has 1 aliphatic rings. The van der Waals surface area contributed by atoms with E-state index in [2.05, 4.69) is 10.6 Å². The summed E-state index contributed by atoms with van der Waals surface area (Å²) in [4.78, 5) is 45.7. The van der Waals surface area contributed by atoms with Gasteiger partial charge in [-0.2, -0.15) is 0 Å². The lowest BCUT2D eigenvalue weighted by Crippen LogP contribution is -2.32. The van der Waals surface area contributed by atoms with E-state index in [0.717, 1.165) is 54.5 Å². The van der Waals surface area contributed by atoms with E-state index in [1.54, 1.807) is 23.9 Å². The summed E-state index contributed by atoms with van der Waals surface area (Å²) < 4.78 is 3.13. The number of pyridine rings is 2. The Morgan fingerprint density at radius 3 is 2.73 bits per heavy atom. The maximum atomic E-state index is 13.6. The molecule has 1 aliphatic carbocycles. The highest BCUT2D eigenvalue weighted by molar-refractivity contribution is 7.17. The molecule has 192 valence electrons. The maximum Gasteiger partial charge on any atom is 0.267 e. The van der Waals surface area contributed by atoms with Crippen LogP contribution in [0.25, 0.3) is 16.7 Å². The van der Waals surface area contributed by atoms with Gasteiger partial charge in [-0.25, -0.2) is 4.98 Å². The fourth-order valence-electron chi connectivity index (χ4n) is 4.99. The summed E-state index contributed by atoms with van der Waals surface area (Å²) in [6.07, 6.45) is 7.05. The quantitative estimate of drug-likeness (QED) is 0.336. The number of carbonyl (C=O) groups is 2. The molecule has 0 aliphatic heterocycles. The van der Waals surface area contributed by atoms with Crippen LogP contribution in [0.1, 0.15) is 69.3 Å². The van der Waals surface area contributed by atoms with Gasteiger partial charge in [-0.05, 0) is 62.3 Å². The highest BCUT2D eigenvalue weighted by atomic mass is 32.1. The standard InChI is InChI=1S/C27H30N6O3S/c1-4-5-12-32-21(28)17(14-18-23(32)30-22-15(2)9-8-13-33(22)27(18)36)24(34)31-26-20(25(35)29-3)16-10-6-7-11-19(16)37-26/h8-9,13-14,28H,4-7,10-12H2,1-3H3,(H,29,35)(H,31,34). The molecule has 4 heterocycles. The van der Waals surface area contributed by atoms with E-state index < -0.39 is 5.91 Å². The molecule has 0 radical (unpaired) electrons. The van der Waals surface area contributed by atoms with Gasteiger partial charge in [0.25, 0.3) is 17.4 Å². The summed E-state index contributed by atoms with van der Waals surface area (Å²) in [6, 6.07) is 5.14. The second kappa shape index (κ2) is 9.93. The molecule has 10 heteroatoms. The van der Waals surface area contributed by atoms with E-state index in [9.17, 15) is 14.4 Å². The van der Waals surface area contributed by atoms with Crippen molar-refractivity contribution in [3.05, 3.63) is 67.4 Å². The smallest absolute Gasteiger partial charge is 0.267 e. The molecule has 4 aromatic heterocycles. The summed E-state index contributed by atoms with van der Waals surface area (Å²) in [7, 11) is 1.58. The van der Waals surface area contributed by atoms with Gasteiger partial charge in [0.05, 0.1) is 16.5 Å². The number of carbonyl (C=O) groups excluding carboxylic acids is 2. The van der Waals surface area contributed by atoms with Crippen LogP contribution in [0.15, 0.2) is 29.2 Å². The van der Waals surface area contributed by atoms with Crippen molar-refractivity contribution in [1.82, 2.24) is 19.3 Å². The number of nitrogens with zero attached hydrogens (tertiary/aromatic N) is 3. The van der Waals surface area contributed by atoms with Gasteiger partial charge >= 0.3 is 0 Å². The number of unbranched alkanes of at least 4 members (excludes halogenated alkanes) is 1. The lowest BCUT2D eigenvalue weighted by molar-refractivity contribution is 0.0963. The minimum Gasteiger partial charge on any atom is -0.355 e. The summed E-state index contributed by atoms with van der Waals surface area (Å²) in [5.41, 5.74) is 3.05. The molecule has 2 amide bonds. The topological polar surface area (TPSA) is 121 Å². The molecule has 4 aromatic rings. The van der Waals surface area contributed by atoms with E-state index in [0.29, 0.717) is 28.4 Å². The molecule has 0 spiro atoms. The molecule has 9 nitrogen and oxygen atoms in total. The minimum absolute atomic E-state index is 0.00824. The summed E-state index contributed by atoms with van der Waals surface area (Å²) in [5.74, 6) is -0.753. The number of aromatic nitrogens is 3. The molecular formula is C27H30N6O3S. The third-order valence-electron chi connectivity index (χ3n) is 6.97. The molecule has 0 atom stereocenters. The Morgan fingerprint density at radius 2 is 1.97 bits per heavy atom. The van der Waals surface area contributed by atoms with Gasteiger partial charge in [-0.1, -0.05) is 19.4 Å². The van der Waals surface area contributed by atoms with E-state index in [1.807, 2.05) is 19.9 Å². The van der Waals surface area contributed by atoms with Crippen molar-refractivity contribution in [2.24, 2.45) is 0 Å². The van der Waals surface area contributed by atoms with Gasteiger partial charge < -0.3 is 15.2 Å². The van der Waals surface area contributed by atoms with Gasteiger partial charge in [0.2, 0.25) is 0 Å². The third kappa shape index (κ3) is 4.25. The second-order valence-corrected chi connectivity index (χ2v) is 10.5. The molecule has 0 unspecified atom stereocenters. The van der Waals surface area contributed by atoms with Gasteiger partial charge in [-0.3, -0.25) is 24.2 Å². The number of rotatable bonds is 6. The molecule has 0 fully saturated rings. The first-order valence-corrected chi connectivity index (χ1v) is 13.5. The molecule has 0 saturated carbocycles. The molecule has 0 aromatic carbocycles. The van der Waals surface area contributed by atoms with Crippen molar-refractivity contribution >= 4 is 44.8 Å². The number of amides is 2. The molecule has 37 heavy (non-hydrogen) atoms. The lowest BCUT2D eigenvalue weighted by Gasteiger charge is -2.15. The Bertz CT molecular complexity index is 1680. The fraction of sp³-hybridized carbons (Fsp3) is 0.370. The Morgan fingerprint density at radius 1 is 1.19 bits per heavy atom. The van der Waals surface area contributed by atoms with Crippen LogP contribution >= 0.6 is 11.3 Å². The molecule has 5 rings (SSSR count). The Kier molecular flexibility index (Phi) is 6.68. The van der Waals surface area contributed by atoms with E-state index in [-0.39, 0.29) is 27.9 Å². The zero-order valence-corrected chi connectivity index (χ0v) is 22.1. The number of hydrogen-bond acceptors (Lipinski definition) is 6. The predicted octanol–water partition coefficient (Wildman–Crippen LogP) is 3.79. The molecule has 3 N–H and O–H groups in total. The van der Waals surface area contributed by atoms with Crippen LogP contribution in [0.4, 0.5) is 5.00 Å². The first-order valence-electron chi connectivity index (χ1n) is 12.6. The van der Waals surface area contributed by atoms with Crippen LogP contribution in [0.2, 0.25) is 0 Å². The van der Waals surface area contributed by atoms with Crippen molar-refractivity contribution < 1.29 is 9.59 Å². The van der Waals surface area contributed by atoms with Crippen LogP contribution in [0.3, 0.4) is 0 Å². The summed E-state index contributed by atoms with van der Waals surface area (Å²) in [6.45, 7) is 4.39. The van der Waals surface area contributed by atoms with Crippen LogP contribution < -0.4 is 21.7 Å². The van der Waals surface area contributed by atoms with Crippen molar-refractivity contribution in [2.45, 2.75) is 58.9 Å². The van der Waals surface area contributed by atoms with E-state index >= 15 is 0 Å². The Labute approximate surface area is 217 Å². The van der Waals surface area contributed by atoms with Gasteiger partial charge in [-0.15, -0.1) is 11.3 Å². The average molecular weight is 519 g/mol. The van der Waals surface area contributed by atoms with E-state index in [1.165, 1.54) is 21.8 Å². The largest absolute Gasteiger partial charge is 0.355 e. The zero-order chi connectivity index (χ0) is 26.3. The molecule has 0 saturated heterocycles. The van der Waals surface area contributed by atoms with Gasteiger partial charge in [0.1, 0.15) is 21.8 Å². The first-order chi connectivity index (χ1) is 17.8. The minimum atomic E-state index is -0.519. The van der Waals surface area contributed by atoms with Crippen molar-refractivity contribution in [3.8, 4) is 0 Å². The SMILES string of the molecule is CCCCn1c(=N)c(C(=O)Nc2sc3c(c2C(=O)NC)CCCC3)cc2c(=O)n3cccc(C)c3nc21. The van der Waals surface area contributed by atoms with Gasteiger partial charge in [0, 0.05) is 24.7 Å². The Balaban J connectivity index is 1.68. The van der Waals surface area contributed by atoms with Crippen LogP contribution in [-0.4, -0.2) is 32.8 Å². The predicted molar refractivity (Wildman–Crippen MR) is 145 cm³/mol. The number of aryl methyl sites for hydroxylation is 3. The number of fused-ring (bicyclic) bond motifs is 3. The fourth-order valence-corrected chi connectivity index (χ4v) is 6.27. The molecule has 0 bridgehead atoms. The number of hydrogen-bond donors (Lipinski definition) is 3. The van der Waals surface area contributed by atoms with Crippen molar-refractivity contribution in [2.75, 3.05) is 12.4 Å². The summed E-state index contributed by atoms with van der Waals surface area (Å²) >= 11 is 1.42. The molecular weight excluding hydrogens is 488 g/mol. The first kappa shape index (κ1) is 24.9. The normalized spacial score (nSPS) is 13.1. The highest BCUT2D eigenvalue weighted by Crippen LogP contribution is 2.38. The average Bonchev–Trinajstić information content (AvgIpc) is 3.26. The summed E-state index contributed by atoms with van der Waals surface area (Å²) in [5, 5.41) is 15.3. The highest BCUT2D eigenvalue weighted by Gasteiger charge is 2.27. The second-order valence-electron chi connectivity index (χ2n) is 9.40. The van der Waals surface area contributed by atoms with E-state index in [4.69, 9.17) is 10.4 Å². The maximum absolute atomic E-state index is 13.6. The van der Waals surface area contributed by atoms with Gasteiger partial charge in [0.15, 0.2) is 0 Å². The van der Waals surface area contributed by atoms with Crippen molar-refractivity contribution in [3.63, 3.8) is 0 Å². The van der Waals surface area contributed by atoms with Crippen molar-refractivity contribution in [1.29, 1.82) is 5.41 Å². The van der Waals surface area contributed by atoms with Crippen LogP contribution in [0.5, 0.6) is 0 Å². The Hall–Kier alpha value is -3.79.